The predicted molar refractivity (Wildman–Crippen MR) is 114 cm³/mol. The standard InChI is InChI=1S/C22H17ClN2O5S/c23-19-4-3-7-20(18(19)12-24)29-15-8-10-17(11-9-15)31(26,27)25-13-16-14-28-21-5-1-2-6-22(21)30-16/h1-11,16,25H,13-14H2. The molecule has 1 aliphatic heterocycles. The average Bonchev–Trinajstić information content (AvgIpc) is 2.78. The lowest BCUT2D eigenvalue weighted by molar-refractivity contribution is 0.0943. The number of halogens is 1. The first kappa shape index (κ1) is 21.0. The molecular weight excluding hydrogens is 440 g/mol. The molecule has 0 saturated heterocycles. The number of sulfonamides is 1. The molecule has 1 heterocycles. The first-order valence-electron chi connectivity index (χ1n) is 9.31. The fourth-order valence-electron chi connectivity index (χ4n) is 2.96. The second-order valence-electron chi connectivity index (χ2n) is 6.65. The molecule has 7 nitrogen and oxygen atoms in total. The summed E-state index contributed by atoms with van der Waals surface area (Å²) in [5.41, 5.74) is 0.207. The summed E-state index contributed by atoms with van der Waals surface area (Å²) < 4.78 is 44.8. The number of hydrogen-bond acceptors (Lipinski definition) is 6. The van der Waals surface area contributed by atoms with Crippen LogP contribution in [0.2, 0.25) is 5.02 Å². The van der Waals surface area contributed by atoms with Gasteiger partial charge in [-0.15, -0.1) is 0 Å². The largest absolute Gasteiger partial charge is 0.486 e. The summed E-state index contributed by atoms with van der Waals surface area (Å²) in [6, 6.07) is 19.9. The van der Waals surface area contributed by atoms with Crippen LogP contribution in [0.4, 0.5) is 0 Å². The van der Waals surface area contributed by atoms with Crippen LogP contribution in [0.3, 0.4) is 0 Å². The molecule has 0 fully saturated rings. The Labute approximate surface area is 184 Å². The number of ether oxygens (including phenoxy) is 3. The van der Waals surface area contributed by atoms with Crippen molar-refractivity contribution < 1.29 is 22.6 Å². The Bertz CT molecular complexity index is 1240. The molecule has 3 aromatic rings. The molecule has 1 atom stereocenters. The van der Waals surface area contributed by atoms with E-state index < -0.39 is 16.1 Å². The summed E-state index contributed by atoms with van der Waals surface area (Å²) in [5.74, 6) is 1.88. The van der Waals surface area contributed by atoms with E-state index in [2.05, 4.69) is 4.72 Å². The van der Waals surface area contributed by atoms with Crippen LogP contribution in [-0.4, -0.2) is 27.7 Å². The molecule has 1 N–H and O–H groups in total. The van der Waals surface area contributed by atoms with Crippen molar-refractivity contribution in [2.75, 3.05) is 13.2 Å². The Balaban J connectivity index is 1.40. The highest BCUT2D eigenvalue weighted by Gasteiger charge is 2.23. The molecule has 31 heavy (non-hydrogen) atoms. The highest BCUT2D eigenvalue weighted by Crippen LogP contribution is 2.31. The molecule has 0 spiro atoms. The first-order valence-corrected chi connectivity index (χ1v) is 11.2. The van der Waals surface area contributed by atoms with E-state index in [1.54, 1.807) is 30.3 Å². The molecule has 0 aliphatic carbocycles. The van der Waals surface area contributed by atoms with E-state index in [1.807, 2.05) is 18.2 Å². The van der Waals surface area contributed by atoms with E-state index >= 15 is 0 Å². The number of nitriles is 1. The maximum absolute atomic E-state index is 12.6. The molecule has 9 heteroatoms. The lowest BCUT2D eigenvalue weighted by Crippen LogP contribution is -2.40. The zero-order valence-corrected chi connectivity index (χ0v) is 17.7. The van der Waals surface area contributed by atoms with Gasteiger partial charge in [0.25, 0.3) is 0 Å². The zero-order chi connectivity index (χ0) is 21.8. The first-order chi connectivity index (χ1) is 15.0. The van der Waals surface area contributed by atoms with Crippen molar-refractivity contribution >= 4 is 21.6 Å². The molecule has 3 aromatic carbocycles. The van der Waals surface area contributed by atoms with Crippen molar-refractivity contribution in [3.63, 3.8) is 0 Å². The summed E-state index contributed by atoms with van der Waals surface area (Å²) in [6.07, 6.45) is -0.445. The van der Waals surface area contributed by atoms with Gasteiger partial charge in [0.1, 0.15) is 35.8 Å². The van der Waals surface area contributed by atoms with Gasteiger partial charge in [-0.1, -0.05) is 29.8 Å². The van der Waals surface area contributed by atoms with E-state index in [4.69, 9.17) is 25.8 Å². The van der Waals surface area contributed by atoms with Crippen LogP contribution >= 0.6 is 11.6 Å². The summed E-state index contributed by atoms with van der Waals surface area (Å²) in [4.78, 5) is 0.0728. The summed E-state index contributed by atoms with van der Waals surface area (Å²) in [5, 5.41) is 9.51. The van der Waals surface area contributed by atoms with Crippen LogP contribution < -0.4 is 18.9 Å². The molecule has 0 bridgehead atoms. The van der Waals surface area contributed by atoms with Crippen LogP contribution in [0.1, 0.15) is 5.56 Å². The summed E-state index contributed by atoms with van der Waals surface area (Å²) >= 11 is 6.00. The lowest BCUT2D eigenvalue weighted by atomic mass is 10.2. The third kappa shape index (κ3) is 4.75. The van der Waals surface area contributed by atoms with Crippen LogP contribution in [-0.2, 0) is 10.0 Å². The van der Waals surface area contributed by atoms with Crippen molar-refractivity contribution in [1.29, 1.82) is 5.26 Å². The Morgan fingerprint density at radius 3 is 2.55 bits per heavy atom. The quantitative estimate of drug-likeness (QED) is 0.599. The third-order valence-corrected chi connectivity index (χ3v) is 6.27. The second kappa shape index (κ2) is 8.86. The van der Waals surface area contributed by atoms with E-state index in [0.29, 0.717) is 23.0 Å². The average molecular weight is 457 g/mol. The van der Waals surface area contributed by atoms with Gasteiger partial charge in [0.05, 0.1) is 16.5 Å². The SMILES string of the molecule is N#Cc1c(Cl)cccc1Oc1ccc(S(=O)(=O)NCC2COc3ccccc3O2)cc1. The maximum atomic E-state index is 12.6. The number of fused-ring (bicyclic) bond motifs is 1. The normalized spacial score (nSPS) is 15.2. The summed E-state index contributed by atoms with van der Waals surface area (Å²) in [6.45, 7) is 0.302. The Kier molecular flexibility index (Phi) is 6.00. The van der Waals surface area contributed by atoms with E-state index in [9.17, 15) is 13.7 Å². The highest BCUT2D eigenvalue weighted by atomic mass is 35.5. The summed E-state index contributed by atoms with van der Waals surface area (Å²) in [7, 11) is -3.76. The highest BCUT2D eigenvalue weighted by molar-refractivity contribution is 7.89. The molecule has 1 aliphatic rings. The van der Waals surface area contributed by atoms with E-state index in [-0.39, 0.29) is 28.6 Å². The van der Waals surface area contributed by atoms with Crippen LogP contribution in [0.15, 0.2) is 71.6 Å². The number of hydrogen-bond donors (Lipinski definition) is 1. The fraction of sp³-hybridized carbons (Fsp3) is 0.136. The Hall–Kier alpha value is -3.25. The van der Waals surface area contributed by atoms with Crippen molar-refractivity contribution in [2.45, 2.75) is 11.0 Å². The van der Waals surface area contributed by atoms with E-state index in [1.165, 1.54) is 24.3 Å². The van der Waals surface area contributed by atoms with Gasteiger partial charge in [0.15, 0.2) is 11.5 Å². The van der Waals surface area contributed by atoms with Crippen molar-refractivity contribution in [3.05, 3.63) is 77.3 Å². The van der Waals surface area contributed by atoms with Gasteiger partial charge in [-0.2, -0.15) is 5.26 Å². The zero-order valence-electron chi connectivity index (χ0n) is 16.1. The number of benzene rings is 3. The third-order valence-electron chi connectivity index (χ3n) is 4.52. The van der Waals surface area contributed by atoms with Crippen molar-refractivity contribution in [2.24, 2.45) is 0 Å². The molecule has 0 aromatic heterocycles. The minimum atomic E-state index is -3.76. The maximum Gasteiger partial charge on any atom is 0.240 e. The molecule has 0 saturated carbocycles. The molecular formula is C22H17ClN2O5S. The Morgan fingerprint density at radius 2 is 1.81 bits per heavy atom. The number of para-hydroxylation sites is 2. The minimum absolute atomic E-state index is 0.0585. The van der Waals surface area contributed by atoms with Crippen molar-refractivity contribution in [3.8, 4) is 29.1 Å². The van der Waals surface area contributed by atoms with Crippen molar-refractivity contribution in [1.82, 2.24) is 4.72 Å². The van der Waals surface area contributed by atoms with E-state index in [0.717, 1.165) is 0 Å². The number of nitrogens with zero attached hydrogens (tertiary/aromatic N) is 1. The molecule has 4 rings (SSSR count). The minimum Gasteiger partial charge on any atom is -0.486 e. The van der Waals surface area contributed by atoms with Gasteiger partial charge in [-0.05, 0) is 48.5 Å². The van der Waals surface area contributed by atoms with Gasteiger partial charge in [-0.3, -0.25) is 0 Å². The smallest absolute Gasteiger partial charge is 0.240 e. The van der Waals surface area contributed by atoms with Gasteiger partial charge in [0.2, 0.25) is 10.0 Å². The fourth-order valence-corrected chi connectivity index (χ4v) is 4.24. The molecule has 0 radical (unpaired) electrons. The van der Waals surface area contributed by atoms with Gasteiger partial charge >= 0.3 is 0 Å². The predicted octanol–water partition coefficient (Wildman–Crippen LogP) is 4.12. The number of nitrogens with one attached hydrogen (secondary N) is 1. The molecule has 0 amide bonds. The van der Waals surface area contributed by atoms with Crippen LogP contribution in [0.5, 0.6) is 23.0 Å². The van der Waals surface area contributed by atoms with Gasteiger partial charge in [0, 0.05) is 0 Å². The molecule has 158 valence electrons. The van der Waals surface area contributed by atoms with Crippen LogP contribution in [0.25, 0.3) is 0 Å². The van der Waals surface area contributed by atoms with Crippen LogP contribution in [0, 0.1) is 11.3 Å². The molecule has 1 unspecified atom stereocenters. The Morgan fingerprint density at radius 1 is 1.06 bits per heavy atom. The topological polar surface area (TPSA) is 97.7 Å². The van der Waals surface area contributed by atoms with Gasteiger partial charge in [-0.25, -0.2) is 13.1 Å². The monoisotopic (exact) mass is 456 g/mol. The van der Waals surface area contributed by atoms with Gasteiger partial charge < -0.3 is 14.2 Å². The number of rotatable bonds is 6. The lowest BCUT2D eigenvalue weighted by Gasteiger charge is -2.26. The second-order valence-corrected chi connectivity index (χ2v) is 8.82.